The van der Waals surface area contributed by atoms with Gasteiger partial charge in [0.05, 0.1) is 0 Å². The number of para-hydroxylation sites is 3. The van der Waals surface area contributed by atoms with Crippen LogP contribution in [0.1, 0.15) is 69.1 Å². The van der Waals surface area contributed by atoms with Crippen LogP contribution in [-0.2, 0) is 6.42 Å². The molecule has 3 unspecified atom stereocenters. The summed E-state index contributed by atoms with van der Waals surface area (Å²) in [6.07, 6.45) is 0.0651. The molecule has 0 aromatic heterocycles. The summed E-state index contributed by atoms with van der Waals surface area (Å²) in [5.74, 6) is 1.71. The number of aryl methyl sites for hydroxylation is 1. The Labute approximate surface area is 214 Å². The molecule has 0 heterocycles. The molecule has 0 spiro atoms. The third-order valence-electron chi connectivity index (χ3n) is 6.10. The summed E-state index contributed by atoms with van der Waals surface area (Å²) in [7, 11) is 0. The van der Waals surface area contributed by atoms with Crippen LogP contribution in [0.25, 0.3) is 0 Å². The second-order valence-corrected chi connectivity index (χ2v) is 8.72. The van der Waals surface area contributed by atoms with Gasteiger partial charge in [0.25, 0.3) is 0 Å². The molecule has 36 heavy (non-hydrogen) atoms. The number of benzene rings is 3. The van der Waals surface area contributed by atoms with Crippen LogP contribution < -0.4 is 14.2 Å². The van der Waals surface area contributed by atoms with Gasteiger partial charge in [-0.1, -0.05) is 75.4 Å². The molecule has 0 amide bonds. The molecule has 194 valence electrons. The summed E-state index contributed by atoms with van der Waals surface area (Å²) >= 11 is 0. The summed E-state index contributed by atoms with van der Waals surface area (Å²) in [4.78, 5) is 0. The van der Waals surface area contributed by atoms with Crippen molar-refractivity contribution in [3.05, 3.63) is 89.5 Å². The molecule has 0 aliphatic heterocycles. The Morgan fingerprint density at radius 3 is 1.42 bits per heavy atom. The minimum absolute atomic E-state index is 0.158. The minimum atomic E-state index is -0.912. The highest BCUT2D eigenvalue weighted by Crippen LogP contribution is 2.40. The van der Waals surface area contributed by atoms with Gasteiger partial charge >= 0.3 is 0 Å². The van der Waals surface area contributed by atoms with Gasteiger partial charge in [-0.2, -0.15) is 0 Å². The lowest BCUT2D eigenvalue weighted by molar-refractivity contribution is -0.0206. The van der Waals surface area contributed by atoms with E-state index in [9.17, 15) is 15.3 Å². The maximum Gasteiger partial charge on any atom is 0.197 e. The molecule has 3 rings (SSSR count). The van der Waals surface area contributed by atoms with Crippen molar-refractivity contribution in [1.82, 2.24) is 0 Å². The van der Waals surface area contributed by atoms with Crippen LogP contribution >= 0.6 is 0 Å². The zero-order valence-electron chi connectivity index (χ0n) is 21.3. The van der Waals surface area contributed by atoms with Gasteiger partial charge in [0.1, 0.15) is 17.2 Å². The lowest BCUT2D eigenvalue weighted by Gasteiger charge is -2.25. The van der Waals surface area contributed by atoms with Crippen molar-refractivity contribution >= 4 is 0 Å². The van der Waals surface area contributed by atoms with Crippen molar-refractivity contribution in [2.45, 2.75) is 77.7 Å². The second-order valence-electron chi connectivity index (χ2n) is 8.72. The number of rotatable bonds is 14. The van der Waals surface area contributed by atoms with Gasteiger partial charge in [-0.05, 0) is 36.6 Å². The number of ether oxygens (including phenoxy) is 3. The van der Waals surface area contributed by atoms with Gasteiger partial charge in [-0.15, -0.1) is 0 Å². The third kappa shape index (κ3) is 7.47. The molecular weight excluding hydrogens is 456 g/mol. The first kappa shape index (κ1) is 27.5. The van der Waals surface area contributed by atoms with Crippen molar-refractivity contribution in [2.24, 2.45) is 0 Å². The topological polar surface area (TPSA) is 88.4 Å². The molecule has 0 radical (unpaired) electrons. The molecule has 0 aliphatic rings. The maximum atomic E-state index is 10.2. The monoisotopic (exact) mass is 494 g/mol. The first-order chi connectivity index (χ1) is 17.5. The summed E-state index contributed by atoms with van der Waals surface area (Å²) in [6, 6.07) is 23.1. The summed E-state index contributed by atoms with van der Waals surface area (Å²) in [5.41, 5.74) is 2.81. The van der Waals surface area contributed by atoms with E-state index in [4.69, 9.17) is 14.2 Å². The molecule has 6 heteroatoms. The highest BCUT2D eigenvalue weighted by molar-refractivity contribution is 5.47. The number of aliphatic hydroxyl groups is 3. The first-order valence-electron chi connectivity index (χ1n) is 12.8. The van der Waals surface area contributed by atoms with Crippen LogP contribution in [0.15, 0.2) is 72.8 Å². The number of aliphatic hydroxyl groups excluding tert-OH is 3. The second kappa shape index (κ2) is 13.9. The zero-order valence-corrected chi connectivity index (χ0v) is 21.3. The smallest absolute Gasteiger partial charge is 0.197 e. The molecule has 6 nitrogen and oxygen atoms in total. The fourth-order valence-corrected chi connectivity index (χ4v) is 4.04. The fourth-order valence-electron chi connectivity index (χ4n) is 4.04. The van der Waals surface area contributed by atoms with Crippen LogP contribution in [-0.4, -0.2) is 34.2 Å². The van der Waals surface area contributed by atoms with Crippen molar-refractivity contribution in [1.29, 1.82) is 0 Å². The Morgan fingerprint density at radius 1 is 0.556 bits per heavy atom. The van der Waals surface area contributed by atoms with E-state index >= 15 is 0 Å². The first-order valence-corrected chi connectivity index (χ1v) is 12.8. The van der Waals surface area contributed by atoms with Crippen LogP contribution in [0.5, 0.6) is 17.2 Å². The average Bonchev–Trinajstić information content (AvgIpc) is 2.91. The van der Waals surface area contributed by atoms with Gasteiger partial charge in [-0.25, -0.2) is 0 Å². The molecular formula is C30H38O6. The van der Waals surface area contributed by atoms with E-state index in [1.165, 1.54) is 0 Å². The highest BCUT2D eigenvalue weighted by atomic mass is 16.6. The molecule has 3 N–H and O–H groups in total. The van der Waals surface area contributed by atoms with E-state index in [2.05, 4.69) is 0 Å². The van der Waals surface area contributed by atoms with Crippen LogP contribution in [0.4, 0.5) is 0 Å². The Kier molecular flexibility index (Phi) is 10.6. The fraction of sp³-hybridized carbons (Fsp3) is 0.400. The predicted octanol–water partition coefficient (Wildman–Crippen LogP) is 5.77. The largest absolute Gasteiger partial charge is 0.465 e. The zero-order chi connectivity index (χ0) is 25.9. The lowest BCUT2D eigenvalue weighted by Crippen LogP contribution is -2.18. The molecule has 0 saturated carbocycles. The molecule has 0 saturated heterocycles. The van der Waals surface area contributed by atoms with E-state index in [0.717, 1.165) is 16.7 Å². The van der Waals surface area contributed by atoms with Gasteiger partial charge < -0.3 is 29.5 Å². The van der Waals surface area contributed by atoms with Crippen LogP contribution in [0.2, 0.25) is 0 Å². The van der Waals surface area contributed by atoms with Crippen molar-refractivity contribution < 1.29 is 29.5 Å². The van der Waals surface area contributed by atoms with Crippen LogP contribution in [0, 0.1) is 0 Å². The molecule has 3 aromatic rings. The van der Waals surface area contributed by atoms with Crippen molar-refractivity contribution in [3.8, 4) is 17.2 Å². The molecule has 0 fully saturated rings. The predicted molar refractivity (Wildman–Crippen MR) is 140 cm³/mol. The number of hydrogen-bond acceptors (Lipinski definition) is 6. The van der Waals surface area contributed by atoms with E-state index < -0.39 is 18.9 Å². The van der Waals surface area contributed by atoms with Gasteiger partial charge in [-0.3, -0.25) is 0 Å². The Balaban J connectivity index is 2.01. The summed E-state index contributed by atoms with van der Waals surface area (Å²) < 4.78 is 17.5. The third-order valence-corrected chi connectivity index (χ3v) is 6.10. The highest BCUT2D eigenvalue weighted by Gasteiger charge is 2.24. The Morgan fingerprint density at radius 2 is 0.944 bits per heavy atom. The molecule has 3 atom stereocenters. The summed E-state index contributed by atoms with van der Waals surface area (Å²) in [5, 5.41) is 30.5. The van der Waals surface area contributed by atoms with Gasteiger partial charge in [0, 0.05) is 36.3 Å². The van der Waals surface area contributed by atoms with E-state index in [0.29, 0.717) is 49.4 Å². The maximum absolute atomic E-state index is 10.2. The van der Waals surface area contributed by atoms with Crippen LogP contribution in [0.3, 0.4) is 0 Å². The van der Waals surface area contributed by atoms with Gasteiger partial charge in [0.2, 0.25) is 0 Å². The number of hydrogen-bond donors (Lipinski definition) is 3. The van der Waals surface area contributed by atoms with E-state index in [1.807, 2.05) is 93.6 Å². The normalized spacial score (nSPS) is 14.5. The Bertz CT molecular complexity index is 1010. The SMILES string of the molecule is CCC(O)Oc1ccccc1CCC(c1ccccc1OC(O)CC)c1ccccc1OC(O)CC. The summed E-state index contributed by atoms with van der Waals surface area (Å²) in [6.45, 7) is 5.59. The lowest BCUT2D eigenvalue weighted by atomic mass is 9.85. The van der Waals surface area contributed by atoms with Gasteiger partial charge in [0.15, 0.2) is 18.9 Å². The van der Waals surface area contributed by atoms with Crippen molar-refractivity contribution in [3.63, 3.8) is 0 Å². The minimum Gasteiger partial charge on any atom is -0.465 e. The molecule has 0 bridgehead atoms. The Hall–Kier alpha value is -3.06. The van der Waals surface area contributed by atoms with E-state index in [1.54, 1.807) is 0 Å². The van der Waals surface area contributed by atoms with E-state index in [-0.39, 0.29) is 5.92 Å². The molecule has 0 aliphatic carbocycles. The van der Waals surface area contributed by atoms with Crippen molar-refractivity contribution in [2.75, 3.05) is 0 Å². The standard InChI is InChI=1S/C30H38O6/c1-4-28(31)34-25-16-10-7-13-21(25)19-20-22(23-14-8-11-17-26(23)35-29(32)5-2)24-15-9-12-18-27(24)36-30(33)6-3/h7-18,22,28-33H,4-6,19-20H2,1-3H3. The molecule has 3 aromatic carbocycles. The quantitative estimate of drug-likeness (QED) is 0.247. The average molecular weight is 495 g/mol.